The second kappa shape index (κ2) is 7.07. The summed E-state index contributed by atoms with van der Waals surface area (Å²) in [5.74, 6) is 0.367. The molecule has 1 amide bonds. The van der Waals surface area contributed by atoms with Crippen LogP contribution in [0.5, 0.6) is 0 Å². The summed E-state index contributed by atoms with van der Waals surface area (Å²) in [6, 6.07) is 5.31. The maximum Gasteiger partial charge on any atom is 0.243 e. The van der Waals surface area contributed by atoms with E-state index in [2.05, 4.69) is 10.0 Å². The summed E-state index contributed by atoms with van der Waals surface area (Å²) in [7, 11) is -3.55. The molecule has 2 rings (SSSR count). The number of carbonyl (C=O) groups is 1. The maximum absolute atomic E-state index is 12.2. The molecule has 1 saturated carbocycles. The number of hydrogen-bond donors (Lipinski definition) is 2. The molecule has 0 bridgehead atoms. The monoisotopic (exact) mass is 322 g/mol. The van der Waals surface area contributed by atoms with E-state index in [1.54, 1.807) is 19.1 Å². The molecule has 1 aromatic carbocycles. The number of hydrogen-bond acceptors (Lipinski definition) is 3. The van der Waals surface area contributed by atoms with Crippen molar-refractivity contribution in [3.63, 3.8) is 0 Å². The first kappa shape index (κ1) is 16.7. The summed E-state index contributed by atoms with van der Waals surface area (Å²) in [5.41, 5.74) is 1.60. The van der Waals surface area contributed by atoms with Gasteiger partial charge in [0.05, 0.1) is 4.90 Å². The van der Waals surface area contributed by atoms with Crippen molar-refractivity contribution < 1.29 is 13.2 Å². The number of allylic oxidation sites excluding steroid dienone is 1. The van der Waals surface area contributed by atoms with E-state index in [0.717, 1.165) is 18.4 Å². The zero-order chi connectivity index (χ0) is 16.2. The quantitative estimate of drug-likeness (QED) is 0.592. The number of nitrogens with one attached hydrogen (secondary N) is 2. The van der Waals surface area contributed by atoms with Crippen LogP contribution in [0, 0.1) is 19.8 Å². The maximum atomic E-state index is 12.2. The predicted molar refractivity (Wildman–Crippen MR) is 86.0 cm³/mol. The Balaban J connectivity index is 1.82. The molecule has 0 spiro atoms. The smallest absolute Gasteiger partial charge is 0.243 e. The standard InChI is InChI=1S/C16H22N2O3S/c1-12-3-4-13(2)15(11-12)22(20,21)18-10-9-17-16(19)8-7-14-5-6-14/h3-4,7-8,11,14,18H,5-6,9-10H2,1-2H3,(H,17,19). The summed E-state index contributed by atoms with van der Waals surface area (Å²) in [4.78, 5) is 11.8. The van der Waals surface area contributed by atoms with Gasteiger partial charge in [0.2, 0.25) is 15.9 Å². The van der Waals surface area contributed by atoms with Crippen LogP contribution in [0.3, 0.4) is 0 Å². The van der Waals surface area contributed by atoms with Gasteiger partial charge in [-0.3, -0.25) is 4.79 Å². The minimum atomic E-state index is -3.55. The van der Waals surface area contributed by atoms with Gasteiger partial charge in [-0.25, -0.2) is 13.1 Å². The Kier molecular flexibility index (Phi) is 5.37. The molecule has 120 valence electrons. The summed E-state index contributed by atoms with van der Waals surface area (Å²) in [6.07, 6.45) is 5.73. The third kappa shape index (κ3) is 4.96. The molecule has 0 radical (unpaired) electrons. The lowest BCUT2D eigenvalue weighted by Gasteiger charge is -2.10. The molecule has 0 saturated heterocycles. The van der Waals surface area contributed by atoms with Crippen molar-refractivity contribution in [2.45, 2.75) is 31.6 Å². The predicted octanol–water partition coefficient (Wildman–Crippen LogP) is 1.66. The number of aryl methyl sites for hydroxylation is 2. The minimum Gasteiger partial charge on any atom is -0.351 e. The molecule has 22 heavy (non-hydrogen) atoms. The average molecular weight is 322 g/mol. The Hall–Kier alpha value is -1.66. The molecule has 5 nitrogen and oxygen atoms in total. The van der Waals surface area contributed by atoms with Crippen LogP contribution in [-0.2, 0) is 14.8 Å². The van der Waals surface area contributed by atoms with E-state index in [4.69, 9.17) is 0 Å². The lowest BCUT2D eigenvalue weighted by Crippen LogP contribution is -2.34. The van der Waals surface area contributed by atoms with Gasteiger partial charge in [-0.2, -0.15) is 0 Å². The fourth-order valence-electron chi connectivity index (χ4n) is 2.02. The molecule has 2 N–H and O–H groups in total. The van der Waals surface area contributed by atoms with Crippen molar-refractivity contribution in [1.29, 1.82) is 0 Å². The Bertz CT molecular complexity index is 677. The van der Waals surface area contributed by atoms with Gasteiger partial charge < -0.3 is 5.32 Å². The van der Waals surface area contributed by atoms with E-state index in [1.165, 1.54) is 6.08 Å². The van der Waals surface area contributed by atoms with E-state index in [9.17, 15) is 13.2 Å². The summed E-state index contributed by atoms with van der Waals surface area (Å²) < 4.78 is 27.0. The van der Waals surface area contributed by atoms with Gasteiger partial charge in [-0.15, -0.1) is 0 Å². The van der Waals surface area contributed by atoms with E-state index in [0.29, 0.717) is 11.5 Å². The number of rotatable bonds is 7. The van der Waals surface area contributed by atoms with Crippen LogP contribution < -0.4 is 10.0 Å². The first-order chi connectivity index (χ1) is 10.4. The summed E-state index contributed by atoms with van der Waals surface area (Å²) in [5, 5.41) is 2.66. The zero-order valence-corrected chi connectivity index (χ0v) is 13.7. The van der Waals surface area contributed by atoms with Crippen molar-refractivity contribution in [2.75, 3.05) is 13.1 Å². The van der Waals surface area contributed by atoms with Crippen LogP contribution in [0.1, 0.15) is 24.0 Å². The lowest BCUT2D eigenvalue weighted by atomic mass is 10.2. The van der Waals surface area contributed by atoms with Crippen LogP contribution in [-0.4, -0.2) is 27.4 Å². The van der Waals surface area contributed by atoms with Crippen molar-refractivity contribution in [2.24, 2.45) is 5.92 Å². The van der Waals surface area contributed by atoms with Crippen molar-refractivity contribution >= 4 is 15.9 Å². The molecular formula is C16H22N2O3S. The Morgan fingerprint density at radius 1 is 1.27 bits per heavy atom. The third-order valence-electron chi connectivity index (χ3n) is 3.49. The number of amides is 1. The molecule has 6 heteroatoms. The summed E-state index contributed by atoms with van der Waals surface area (Å²) >= 11 is 0. The third-order valence-corrected chi connectivity index (χ3v) is 5.09. The van der Waals surface area contributed by atoms with Crippen LogP contribution in [0.15, 0.2) is 35.2 Å². The van der Waals surface area contributed by atoms with E-state index in [-0.39, 0.29) is 23.9 Å². The first-order valence-corrected chi connectivity index (χ1v) is 8.90. The topological polar surface area (TPSA) is 75.3 Å². The fourth-order valence-corrected chi connectivity index (χ4v) is 3.38. The van der Waals surface area contributed by atoms with Gasteiger partial charge in [0, 0.05) is 13.1 Å². The molecule has 0 heterocycles. The van der Waals surface area contributed by atoms with Gasteiger partial charge in [-0.1, -0.05) is 18.2 Å². The van der Waals surface area contributed by atoms with E-state index < -0.39 is 10.0 Å². The fraction of sp³-hybridized carbons (Fsp3) is 0.438. The molecule has 0 aromatic heterocycles. The highest BCUT2D eigenvalue weighted by atomic mass is 32.2. The normalized spacial score (nSPS) is 15.2. The van der Waals surface area contributed by atoms with Crippen LogP contribution in [0.4, 0.5) is 0 Å². The Labute approximate surface area is 131 Å². The molecule has 0 unspecified atom stereocenters. The van der Waals surface area contributed by atoms with Gasteiger partial charge in [0.25, 0.3) is 0 Å². The second-order valence-corrected chi connectivity index (χ2v) is 7.39. The number of carbonyl (C=O) groups excluding carboxylic acids is 1. The van der Waals surface area contributed by atoms with E-state index >= 15 is 0 Å². The van der Waals surface area contributed by atoms with Crippen LogP contribution in [0.25, 0.3) is 0 Å². The molecule has 0 aliphatic heterocycles. The van der Waals surface area contributed by atoms with Crippen molar-refractivity contribution in [3.8, 4) is 0 Å². The zero-order valence-electron chi connectivity index (χ0n) is 12.9. The molecule has 1 aliphatic carbocycles. The minimum absolute atomic E-state index is 0.165. The first-order valence-electron chi connectivity index (χ1n) is 7.41. The second-order valence-electron chi connectivity index (χ2n) is 5.65. The van der Waals surface area contributed by atoms with E-state index in [1.807, 2.05) is 19.1 Å². The SMILES string of the molecule is Cc1ccc(C)c(S(=O)(=O)NCCNC(=O)C=CC2CC2)c1. The number of sulfonamides is 1. The van der Waals surface area contributed by atoms with Gasteiger partial charge >= 0.3 is 0 Å². The van der Waals surface area contributed by atoms with Crippen molar-refractivity contribution in [1.82, 2.24) is 10.0 Å². The van der Waals surface area contributed by atoms with Gasteiger partial charge in [-0.05, 0) is 55.9 Å². The van der Waals surface area contributed by atoms with Gasteiger partial charge in [0.1, 0.15) is 0 Å². The van der Waals surface area contributed by atoms with Crippen LogP contribution >= 0.6 is 0 Å². The molecule has 1 aliphatic rings. The lowest BCUT2D eigenvalue weighted by molar-refractivity contribution is -0.116. The molecule has 1 fully saturated rings. The largest absolute Gasteiger partial charge is 0.351 e. The summed E-state index contributed by atoms with van der Waals surface area (Å²) in [6.45, 7) is 4.04. The molecule has 0 atom stereocenters. The van der Waals surface area contributed by atoms with Crippen LogP contribution in [0.2, 0.25) is 0 Å². The Morgan fingerprint density at radius 2 is 2.00 bits per heavy atom. The van der Waals surface area contributed by atoms with Gasteiger partial charge in [0.15, 0.2) is 0 Å². The molecular weight excluding hydrogens is 300 g/mol. The highest BCUT2D eigenvalue weighted by Gasteiger charge is 2.18. The highest BCUT2D eigenvalue weighted by Crippen LogP contribution is 2.29. The number of benzene rings is 1. The highest BCUT2D eigenvalue weighted by molar-refractivity contribution is 7.89. The Morgan fingerprint density at radius 3 is 2.68 bits per heavy atom. The average Bonchev–Trinajstić information content (AvgIpc) is 3.28. The van der Waals surface area contributed by atoms with Crippen molar-refractivity contribution in [3.05, 3.63) is 41.5 Å². The molecule has 1 aromatic rings.